The van der Waals surface area contributed by atoms with Gasteiger partial charge >= 0.3 is 0 Å². The van der Waals surface area contributed by atoms with E-state index in [1.54, 1.807) is 0 Å². The predicted molar refractivity (Wildman–Crippen MR) is 150 cm³/mol. The molecule has 0 spiro atoms. The molecule has 0 saturated carbocycles. The van der Waals surface area contributed by atoms with Gasteiger partial charge in [0.05, 0.1) is 16.4 Å². The molecule has 0 amide bonds. The molecule has 0 atom stereocenters. The zero-order valence-electron chi connectivity index (χ0n) is 18.6. The van der Waals surface area contributed by atoms with E-state index in [0.29, 0.717) is 0 Å². The summed E-state index contributed by atoms with van der Waals surface area (Å²) in [5.74, 6) is 0. The van der Waals surface area contributed by atoms with Gasteiger partial charge in [0.25, 0.3) is 0 Å². The smallest absolute Gasteiger partial charge is 0.137 e. The van der Waals surface area contributed by atoms with E-state index in [2.05, 4.69) is 102 Å². The third-order valence-corrected chi connectivity index (χ3v) is 8.76. The number of furan rings is 1. The van der Waals surface area contributed by atoms with Crippen LogP contribution in [0.4, 0.5) is 0 Å². The van der Waals surface area contributed by atoms with Gasteiger partial charge in [-0.15, -0.1) is 11.3 Å². The summed E-state index contributed by atoms with van der Waals surface area (Å²) in [4.78, 5) is 0. The highest BCUT2D eigenvalue weighted by atomic mass is 32.1. The van der Waals surface area contributed by atoms with Gasteiger partial charge in [-0.3, -0.25) is 0 Å². The lowest BCUT2D eigenvalue weighted by Gasteiger charge is -2.12. The molecule has 9 rings (SSSR count). The molecule has 3 heteroatoms. The van der Waals surface area contributed by atoms with Crippen LogP contribution in [-0.4, -0.2) is 4.40 Å². The van der Waals surface area contributed by atoms with Crippen molar-refractivity contribution in [2.24, 2.45) is 0 Å². The maximum absolute atomic E-state index is 6.29. The molecule has 0 unspecified atom stereocenters. The van der Waals surface area contributed by atoms with Gasteiger partial charge in [0.2, 0.25) is 0 Å². The Morgan fingerprint density at radius 2 is 1.23 bits per heavy atom. The van der Waals surface area contributed by atoms with E-state index < -0.39 is 0 Å². The number of fused-ring (bicyclic) bond motifs is 16. The van der Waals surface area contributed by atoms with Gasteiger partial charge < -0.3 is 8.82 Å². The van der Waals surface area contributed by atoms with E-state index >= 15 is 0 Å². The summed E-state index contributed by atoms with van der Waals surface area (Å²) >= 11 is 1.90. The van der Waals surface area contributed by atoms with Crippen molar-refractivity contribution in [3.05, 3.63) is 103 Å². The lowest BCUT2D eigenvalue weighted by molar-refractivity contribution is 0.669. The van der Waals surface area contributed by atoms with Crippen LogP contribution < -0.4 is 0 Å². The molecule has 4 aromatic heterocycles. The third-order valence-electron chi connectivity index (χ3n) is 7.56. The van der Waals surface area contributed by atoms with Crippen molar-refractivity contribution >= 4 is 91.4 Å². The summed E-state index contributed by atoms with van der Waals surface area (Å²) in [6.07, 6.45) is 2.31. The zero-order chi connectivity index (χ0) is 22.7. The Morgan fingerprint density at radius 1 is 0.514 bits per heavy atom. The minimum absolute atomic E-state index is 0.930. The highest BCUT2D eigenvalue weighted by Gasteiger charge is 2.20. The van der Waals surface area contributed by atoms with Gasteiger partial charge in [0.15, 0.2) is 0 Å². The lowest BCUT2D eigenvalue weighted by atomic mass is 9.99. The SMILES string of the molecule is c1ccc2c(c1)cn1c3c(ccc4oc5ccccc5c43)c3ccc4c5ccccc5sc4c3c21. The Labute approximate surface area is 203 Å². The molecule has 0 fully saturated rings. The molecular formula is C32H17NOS. The molecule has 0 aliphatic rings. The monoisotopic (exact) mass is 463 g/mol. The summed E-state index contributed by atoms with van der Waals surface area (Å²) in [5, 5.41) is 11.4. The maximum Gasteiger partial charge on any atom is 0.137 e. The molecule has 9 aromatic rings. The molecule has 0 saturated heterocycles. The first-order valence-electron chi connectivity index (χ1n) is 11.9. The summed E-state index contributed by atoms with van der Waals surface area (Å²) in [5.41, 5.74) is 4.35. The molecule has 0 aliphatic heterocycles. The number of aromatic nitrogens is 1. The Hall–Kier alpha value is -4.34. The largest absolute Gasteiger partial charge is 0.456 e. The number of nitrogens with zero attached hydrogens (tertiary/aromatic N) is 1. The van der Waals surface area contributed by atoms with Crippen LogP contribution in [0.3, 0.4) is 0 Å². The molecule has 0 radical (unpaired) electrons. The highest BCUT2D eigenvalue weighted by Crippen LogP contribution is 2.46. The standard InChI is InChI=1S/C32H17NOS/c1-2-8-19-18(7-1)17-33-30(19)29-21(13-14-23-20-9-4-6-12-27(20)35-32(23)29)22-15-16-26-28(31(22)33)24-10-3-5-11-25(24)34-26/h1-17H. The van der Waals surface area contributed by atoms with Crippen molar-refractivity contribution in [1.82, 2.24) is 4.40 Å². The Bertz CT molecular complexity index is 2330. The van der Waals surface area contributed by atoms with Crippen molar-refractivity contribution < 1.29 is 4.42 Å². The Kier molecular flexibility index (Phi) is 3.20. The van der Waals surface area contributed by atoms with Crippen LogP contribution in [0.5, 0.6) is 0 Å². The normalized spacial score (nSPS) is 12.6. The van der Waals surface area contributed by atoms with Gasteiger partial charge in [-0.05, 0) is 29.7 Å². The van der Waals surface area contributed by atoms with Gasteiger partial charge in [0.1, 0.15) is 11.2 Å². The second-order valence-corrected chi connectivity index (χ2v) is 10.4. The van der Waals surface area contributed by atoms with Gasteiger partial charge in [-0.2, -0.15) is 0 Å². The molecule has 35 heavy (non-hydrogen) atoms. The molecule has 0 bridgehead atoms. The van der Waals surface area contributed by atoms with E-state index in [9.17, 15) is 0 Å². The van der Waals surface area contributed by atoms with Crippen LogP contribution >= 0.6 is 11.3 Å². The number of rotatable bonds is 0. The van der Waals surface area contributed by atoms with Crippen LogP contribution in [0.1, 0.15) is 0 Å². The van der Waals surface area contributed by atoms with E-state index in [0.717, 1.165) is 16.6 Å². The maximum atomic E-state index is 6.29. The van der Waals surface area contributed by atoms with Crippen LogP contribution in [-0.2, 0) is 0 Å². The average molecular weight is 464 g/mol. The number of pyridine rings is 1. The van der Waals surface area contributed by atoms with E-state index in [1.807, 2.05) is 17.4 Å². The van der Waals surface area contributed by atoms with Crippen molar-refractivity contribution in [3.8, 4) is 0 Å². The minimum Gasteiger partial charge on any atom is -0.456 e. The topological polar surface area (TPSA) is 17.6 Å². The van der Waals surface area contributed by atoms with E-state index in [4.69, 9.17) is 4.42 Å². The average Bonchev–Trinajstić information content (AvgIpc) is 3.59. The molecule has 0 aliphatic carbocycles. The van der Waals surface area contributed by atoms with Crippen LogP contribution in [0, 0.1) is 0 Å². The van der Waals surface area contributed by atoms with Crippen molar-refractivity contribution in [1.29, 1.82) is 0 Å². The van der Waals surface area contributed by atoms with Gasteiger partial charge in [-0.25, -0.2) is 0 Å². The summed E-state index contributed by atoms with van der Waals surface area (Å²) in [6.45, 7) is 0. The third kappa shape index (κ3) is 2.15. The van der Waals surface area contributed by atoms with Gasteiger partial charge in [-0.1, -0.05) is 72.8 Å². The molecular weight excluding hydrogens is 446 g/mol. The molecule has 2 nitrogen and oxygen atoms in total. The second kappa shape index (κ2) is 6.21. The first-order valence-corrected chi connectivity index (χ1v) is 12.7. The first kappa shape index (κ1) is 18.0. The van der Waals surface area contributed by atoms with Crippen LogP contribution in [0.25, 0.3) is 80.1 Å². The molecule has 162 valence electrons. The number of para-hydroxylation sites is 1. The lowest BCUT2D eigenvalue weighted by Crippen LogP contribution is -1.91. The zero-order valence-corrected chi connectivity index (χ0v) is 19.4. The summed E-state index contributed by atoms with van der Waals surface area (Å²) in [6, 6.07) is 34.9. The van der Waals surface area contributed by atoms with Crippen LogP contribution in [0.15, 0.2) is 108 Å². The molecule has 0 N–H and O–H groups in total. The first-order chi connectivity index (χ1) is 17.4. The Balaban J connectivity index is 1.67. The van der Waals surface area contributed by atoms with E-state index in [1.165, 1.54) is 63.5 Å². The summed E-state index contributed by atoms with van der Waals surface area (Å²) < 4.78 is 11.4. The highest BCUT2D eigenvalue weighted by molar-refractivity contribution is 7.26. The van der Waals surface area contributed by atoms with Gasteiger partial charge in [0, 0.05) is 53.3 Å². The number of hydrogen-bond acceptors (Lipinski definition) is 2. The van der Waals surface area contributed by atoms with Crippen molar-refractivity contribution in [3.63, 3.8) is 0 Å². The van der Waals surface area contributed by atoms with E-state index in [-0.39, 0.29) is 0 Å². The molecule has 5 aromatic carbocycles. The van der Waals surface area contributed by atoms with Crippen molar-refractivity contribution in [2.45, 2.75) is 0 Å². The molecule has 4 heterocycles. The number of hydrogen-bond donors (Lipinski definition) is 0. The summed E-state index contributed by atoms with van der Waals surface area (Å²) in [7, 11) is 0. The minimum atomic E-state index is 0.930. The second-order valence-electron chi connectivity index (χ2n) is 9.33. The fraction of sp³-hybridized carbons (Fsp3) is 0. The number of benzene rings is 5. The Morgan fingerprint density at radius 3 is 2.17 bits per heavy atom. The van der Waals surface area contributed by atoms with Crippen LogP contribution in [0.2, 0.25) is 0 Å². The predicted octanol–water partition coefficient (Wildman–Crippen LogP) is 9.67. The fourth-order valence-corrected chi connectivity index (χ4v) is 7.36. The fourth-order valence-electron chi connectivity index (χ4n) is 6.10. The van der Waals surface area contributed by atoms with Crippen molar-refractivity contribution in [2.75, 3.05) is 0 Å². The number of thiophene rings is 1. The quantitative estimate of drug-likeness (QED) is 0.205.